The van der Waals surface area contributed by atoms with Crippen LogP contribution in [0.3, 0.4) is 0 Å². The number of methoxy groups -OCH3 is 1. The maximum absolute atomic E-state index is 13.1. The molecule has 0 saturated heterocycles. The molecule has 0 saturated carbocycles. The lowest BCUT2D eigenvalue weighted by molar-refractivity contribution is 0.0741. The molecule has 2 aromatic carbocycles. The van der Waals surface area contributed by atoms with Crippen molar-refractivity contribution in [2.75, 3.05) is 27.4 Å². The number of amides is 1. The van der Waals surface area contributed by atoms with E-state index in [0.29, 0.717) is 36.0 Å². The molecule has 0 unspecified atom stereocenters. The molecule has 1 amide bonds. The highest BCUT2D eigenvalue weighted by atomic mass is 16.6. The SMILES string of the molecule is COc1cc(C(=O)N(C)[C@H](C)c2ccc(-n3cncn3)cc2)cc2c1OCCO2. The smallest absolute Gasteiger partial charge is 0.254 e. The molecule has 0 bridgehead atoms. The summed E-state index contributed by atoms with van der Waals surface area (Å²) in [5, 5.41) is 4.12. The predicted octanol–water partition coefficient (Wildman–Crippen LogP) is 2.88. The molecule has 0 fully saturated rings. The maximum Gasteiger partial charge on any atom is 0.254 e. The Morgan fingerprint density at radius 2 is 1.97 bits per heavy atom. The Bertz CT molecular complexity index is 985. The van der Waals surface area contributed by atoms with Gasteiger partial charge in [0.1, 0.15) is 25.9 Å². The lowest BCUT2D eigenvalue weighted by Gasteiger charge is -2.27. The molecule has 8 nitrogen and oxygen atoms in total. The Morgan fingerprint density at radius 3 is 2.66 bits per heavy atom. The minimum atomic E-state index is -0.133. The molecule has 0 radical (unpaired) electrons. The third-order valence-electron chi connectivity index (χ3n) is 5.04. The van der Waals surface area contributed by atoms with Crippen LogP contribution in [0.2, 0.25) is 0 Å². The lowest BCUT2D eigenvalue weighted by atomic mass is 10.1. The number of rotatable bonds is 5. The van der Waals surface area contributed by atoms with Crippen molar-refractivity contribution in [2.45, 2.75) is 13.0 Å². The number of nitrogens with zero attached hydrogens (tertiary/aromatic N) is 4. The van der Waals surface area contributed by atoms with E-state index in [1.165, 1.54) is 6.33 Å². The molecule has 0 spiro atoms. The summed E-state index contributed by atoms with van der Waals surface area (Å²) in [6, 6.07) is 11.1. The molecule has 0 N–H and O–H groups in total. The fraction of sp³-hybridized carbons (Fsp3) is 0.286. The van der Waals surface area contributed by atoms with Gasteiger partial charge in [-0.25, -0.2) is 9.67 Å². The maximum atomic E-state index is 13.1. The monoisotopic (exact) mass is 394 g/mol. The number of carbonyl (C=O) groups is 1. The number of aromatic nitrogens is 3. The van der Waals surface area contributed by atoms with E-state index in [4.69, 9.17) is 14.2 Å². The second-order valence-corrected chi connectivity index (χ2v) is 6.73. The first-order chi connectivity index (χ1) is 14.1. The largest absolute Gasteiger partial charge is 0.493 e. The molecule has 150 valence electrons. The number of ether oxygens (including phenoxy) is 3. The zero-order chi connectivity index (χ0) is 20.4. The number of benzene rings is 2. The van der Waals surface area contributed by atoms with Gasteiger partial charge in [-0.1, -0.05) is 12.1 Å². The fourth-order valence-corrected chi connectivity index (χ4v) is 3.25. The van der Waals surface area contributed by atoms with Gasteiger partial charge in [-0.3, -0.25) is 4.79 Å². The first kappa shape index (κ1) is 18.8. The third-order valence-corrected chi connectivity index (χ3v) is 5.04. The van der Waals surface area contributed by atoms with E-state index in [0.717, 1.165) is 11.3 Å². The Balaban J connectivity index is 1.56. The van der Waals surface area contributed by atoms with Crippen molar-refractivity contribution in [3.8, 4) is 22.9 Å². The first-order valence-electron chi connectivity index (χ1n) is 9.28. The highest BCUT2D eigenvalue weighted by Gasteiger charge is 2.24. The number of carbonyl (C=O) groups excluding carboxylic acids is 1. The van der Waals surface area contributed by atoms with Crippen LogP contribution in [0.4, 0.5) is 0 Å². The zero-order valence-corrected chi connectivity index (χ0v) is 16.5. The van der Waals surface area contributed by atoms with E-state index in [2.05, 4.69) is 10.1 Å². The first-order valence-corrected chi connectivity index (χ1v) is 9.28. The van der Waals surface area contributed by atoms with E-state index < -0.39 is 0 Å². The lowest BCUT2D eigenvalue weighted by Crippen LogP contribution is -2.30. The molecule has 8 heteroatoms. The summed E-state index contributed by atoms with van der Waals surface area (Å²) in [4.78, 5) is 18.8. The summed E-state index contributed by atoms with van der Waals surface area (Å²) in [6.07, 6.45) is 3.13. The summed E-state index contributed by atoms with van der Waals surface area (Å²) in [5.41, 5.74) is 2.40. The van der Waals surface area contributed by atoms with Crippen LogP contribution < -0.4 is 14.2 Å². The van der Waals surface area contributed by atoms with Gasteiger partial charge in [0, 0.05) is 12.6 Å². The second kappa shape index (κ2) is 7.83. The number of hydrogen-bond donors (Lipinski definition) is 0. The average Bonchev–Trinajstić information content (AvgIpc) is 3.32. The standard InChI is InChI=1S/C21H22N4O4/c1-14(15-4-6-17(7-5-15)25-13-22-12-23-25)24(2)21(26)16-10-18(27-3)20-19(11-16)28-8-9-29-20/h4-7,10-14H,8-9H2,1-3H3/t14-/m1/s1. The van der Waals surface area contributed by atoms with Crippen LogP contribution in [0.25, 0.3) is 5.69 Å². The molecule has 1 aliphatic heterocycles. The molecule has 2 heterocycles. The minimum absolute atomic E-state index is 0.131. The summed E-state index contributed by atoms with van der Waals surface area (Å²) < 4.78 is 18.3. The fourth-order valence-electron chi connectivity index (χ4n) is 3.25. The second-order valence-electron chi connectivity index (χ2n) is 6.73. The molecule has 1 aliphatic rings. The van der Waals surface area contributed by atoms with Gasteiger partial charge in [0.05, 0.1) is 18.8 Å². The van der Waals surface area contributed by atoms with Crippen LogP contribution in [-0.4, -0.2) is 52.9 Å². The van der Waals surface area contributed by atoms with Crippen LogP contribution >= 0.6 is 0 Å². The van der Waals surface area contributed by atoms with Crippen LogP contribution in [0, 0.1) is 0 Å². The van der Waals surface area contributed by atoms with Crippen LogP contribution in [0.1, 0.15) is 28.9 Å². The normalized spacial score (nSPS) is 13.6. The zero-order valence-electron chi connectivity index (χ0n) is 16.5. The summed E-state index contributed by atoms with van der Waals surface area (Å²) in [5.74, 6) is 1.42. The summed E-state index contributed by atoms with van der Waals surface area (Å²) >= 11 is 0. The van der Waals surface area contributed by atoms with Crippen molar-refractivity contribution in [1.82, 2.24) is 19.7 Å². The number of hydrogen-bond acceptors (Lipinski definition) is 6. The molecule has 0 aliphatic carbocycles. The van der Waals surface area contributed by atoms with Crippen molar-refractivity contribution >= 4 is 5.91 Å². The number of fused-ring (bicyclic) bond motifs is 1. The molecule has 3 aromatic rings. The minimum Gasteiger partial charge on any atom is -0.493 e. The molecule has 29 heavy (non-hydrogen) atoms. The predicted molar refractivity (Wildman–Crippen MR) is 106 cm³/mol. The highest BCUT2D eigenvalue weighted by molar-refractivity contribution is 5.95. The highest BCUT2D eigenvalue weighted by Crippen LogP contribution is 2.40. The molecule has 1 aromatic heterocycles. The van der Waals surface area contributed by atoms with Gasteiger partial charge in [-0.15, -0.1) is 0 Å². The molecular weight excluding hydrogens is 372 g/mol. The van der Waals surface area contributed by atoms with Crippen molar-refractivity contribution in [3.63, 3.8) is 0 Å². The van der Waals surface area contributed by atoms with Gasteiger partial charge < -0.3 is 19.1 Å². The quantitative estimate of drug-likeness (QED) is 0.662. The van der Waals surface area contributed by atoms with Gasteiger partial charge in [-0.2, -0.15) is 5.10 Å². The van der Waals surface area contributed by atoms with Crippen molar-refractivity contribution in [2.24, 2.45) is 0 Å². The van der Waals surface area contributed by atoms with Crippen molar-refractivity contribution in [1.29, 1.82) is 0 Å². The van der Waals surface area contributed by atoms with Crippen LogP contribution in [-0.2, 0) is 0 Å². The Kier molecular flexibility index (Phi) is 5.07. The van der Waals surface area contributed by atoms with Gasteiger partial charge in [-0.05, 0) is 36.8 Å². The third kappa shape index (κ3) is 3.61. The topological polar surface area (TPSA) is 78.7 Å². The van der Waals surface area contributed by atoms with Gasteiger partial charge >= 0.3 is 0 Å². The molecule has 1 atom stereocenters. The Morgan fingerprint density at radius 1 is 1.21 bits per heavy atom. The Labute approximate surface area is 168 Å². The van der Waals surface area contributed by atoms with E-state index >= 15 is 0 Å². The van der Waals surface area contributed by atoms with Crippen LogP contribution in [0.15, 0.2) is 49.1 Å². The van der Waals surface area contributed by atoms with Crippen molar-refractivity contribution < 1.29 is 19.0 Å². The van der Waals surface area contributed by atoms with E-state index in [1.807, 2.05) is 31.2 Å². The molecule has 4 rings (SSSR count). The Hall–Kier alpha value is -3.55. The van der Waals surface area contributed by atoms with E-state index in [-0.39, 0.29) is 11.9 Å². The summed E-state index contributed by atoms with van der Waals surface area (Å²) in [7, 11) is 3.33. The van der Waals surface area contributed by atoms with Gasteiger partial charge in [0.25, 0.3) is 5.91 Å². The van der Waals surface area contributed by atoms with E-state index in [9.17, 15) is 4.79 Å². The molecular formula is C21H22N4O4. The average molecular weight is 394 g/mol. The van der Waals surface area contributed by atoms with Crippen LogP contribution in [0.5, 0.6) is 17.2 Å². The van der Waals surface area contributed by atoms with E-state index in [1.54, 1.807) is 42.2 Å². The van der Waals surface area contributed by atoms with Gasteiger partial charge in [0.2, 0.25) is 5.75 Å². The summed E-state index contributed by atoms with van der Waals surface area (Å²) in [6.45, 7) is 2.88. The van der Waals surface area contributed by atoms with Gasteiger partial charge in [0.15, 0.2) is 11.5 Å². The van der Waals surface area contributed by atoms with Crippen molar-refractivity contribution in [3.05, 3.63) is 60.2 Å².